The van der Waals surface area contributed by atoms with Crippen LogP contribution in [-0.4, -0.2) is 55.4 Å². The minimum Gasteiger partial charge on any atom is -0.395 e. The van der Waals surface area contributed by atoms with Gasteiger partial charge in [-0.3, -0.25) is 4.90 Å². The maximum absolute atomic E-state index is 12.9. The van der Waals surface area contributed by atoms with Gasteiger partial charge < -0.3 is 9.84 Å². The van der Waals surface area contributed by atoms with E-state index in [-0.39, 0.29) is 25.6 Å². The van der Waals surface area contributed by atoms with Crippen molar-refractivity contribution in [2.45, 2.75) is 18.4 Å². The fourth-order valence-corrected chi connectivity index (χ4v) is 1.71. The molecule has 0 aliphatic carbocycles. The Morgan fingerprint density at radius 1 is 1.62 bits per heavy atom. The number of hydrogen-bond donors (Lipinski definition) is 1. The van der Waals surface area contributed by atoms with Gasteiger partial charge in [0, 0.05) is 26.1 Å². The SMILES string of the molecule is COCC1CC(F)(F)CN1CCO. The molecule has 0 amide bonds. The van der Waals surface area contributed by atoms with Crippen molar-refractivity contribution in [1.29, 1.82) is 0 Å². The lowest BCUT2D eigenvalue weighted by molar-refractivity contribution is 0.0107. The average Bonchev–Trinajstić information content (AvgIpc) is 2.28. The number of nitrogens with zero attached hydrogens (tertiary/aromatic N) is 1. The van der Waals surface area contributed by atoms with Crippen LogP contribution in [0.15, 0.2) is 0 Å². The van der Waals surface area contributed by atoms with Gasteiger partial charge in [0.2, 0.25) is 0 Å². The second-order valence-corrected chi connectivity index (χ2v) is 3.36. The van der Waals surface area contributed by atoms with Crippen molar-refractivity contribution >= 4 is 0 Å². The van der Waals surface area contributed by atoms with E-state index in [1.165, 1.54) is 7.11 Å². The van der Waals surface area contributed by atoms with Crippen molar-refractivity contribution in [3.8, 4) is 0 Å². The number of β-amino-alcohol motifs (C(OH)–C–C–N with tert-alkyl or cyclic N) is 1. The first kappa shape index (κ1) is 10.8. The molecule has 0 bridgehead atoms. The van der Waals surface area contributed by atoms with E-state index in [4.69, 9.17) is 9.84 Å². The van der Waals surface area contributed by atoms with Gasteiger partial charge in [-0.15, -0.1) is 0 Å². The molecular weight excluding hydrogens is 180 g/mol. The molecule has 5 heteroatoms. The second-order valence-electron chi connectivity index (χ2n) is 3.36. The van der Waals surface area contributed by atoms with Crippen molar-refractivity contribution in [2.24, 2.45) is 0 Å². The van der Waals surface area contributed by atoms with Gasteiger partial charge in [-0.25, -0.2) is 8.78 Å². The highest BCUT2D eigenvalue weighted by Crippen LogP contribution is 2.31. The van der Waals surface area contributed by atoms with Gasteiger partial charge in [0.1, 0.15) is 0 Å². The van der Waals surface area contributed by atoms with Crippen molar-refractivity contribution in [1.82, 2.24) is 4.90 Å². The van der Waals surface area contributed by atoms with Crippen molar-refractivity contribution < 1.29 is 18.6 Å². The Labute approximate surface area is 76.3 Å². The number of rotatable bonds is 4. The van der Waals surface area contributed by atoms with Crippen LogP contribution in [0.2, 0.25) is 0 Å². The van der Waals surface area contributed by atoms with E-state index >= 15 is 0 Å². The molecule has 1 saturated heterocycles. The van der Waals surface area contributed by atoms with E-state index in [1.807, 2.05) is 0 Å². The number of aliphatic hydroxyl groups is 1. The molecule has 13 heavy (non-hydrogen) atoms. The summed E-state index contributed by atoms with van der Waals surface area (Å²) in [5, 5.41) is 8.66. The Bertz CT molecular complexity index is 150. The van der Waals surface area contributed by atoms with Crippen LogP contribution in [0.5, 0.6) is 0 Å². The zero-order chi connectivity index (χ0) is 9.90. The smallest absolute Gasteiger partial charge is 0.262 e. The van der Waals surface area contributed by atoms with Gasteiger partial charge in [0.25, 0.3) is 5.92 Å². The van der Waals surface area contributed by atoms with Crippen molar-refractivity contribution in [3.63, 3.8) is 0 Å². The molecule has 1 aliphatic rings. The van der Waals surface area contributed by atoms with E-state index in [2.05, 4.69) is 0 Å². The van der Waals surface area contributed by atoms with Gasteiger partial charge in [0.05, 0.1) is 19.8 Å². The van der Waals surface area contributed by atoms with Crippen LogP contribution in [0.4, 0.5) is 8.78 Å². The van der Waals surface area contributed by atoms with E-state index in [9.17, 15) is 8.78 Å². The third-order valence-electron chi connectivity index (χ3n) is 2.23. The Hall–Kier alpha value is -0.260. The van der Waals surface area contributed by atoms with E-state index in [1.54, 1.807) is 4.90 Å². The summed E-state index contributed by atoms with van der Waals surface area (Å²) in [6.45, 7) is 0.247. The van der Waals surface area contributed by atoms with Crippen LogP contribution in [-0.2, 0) is 4.74 Å². The Morgan fingerprint density at radius 2 is 2.31 bits per heavy atom. The van der Waals surface area contributed by atoms with Crippen LogP contribution in [0, 0.1) is 0 Å². The fraction of sp³-hybridized carbons (Fsp3) is 1.00. The predicted octanol–water partition coefficient (Wildman–Crippen LogP) is 0.335. The summed E-state index contributed by atoms with van der Waals surface area (Å²) in [5.41, 5.74) is 0. The highest BCUT2D eigenvalue weighted by molar-refractivity contribution is 4.90. The van der Waals surface area contributed by atoms with Crippen LogP contribution in [0.25, 0.3) is 0 Å². The van der Waals surface area contributed by atoms with E-state index < -0.39 is 5.92 Å². The summed E-state index contributed by atoms with van der Waals surface area (Å²) >= 11 is 0. The first-order valence-electron chi connectivity index (χ1n) is 4.31. The minimum absolute atomic E-state index is 0.0870. The monoisotopic (exact) mass is 195 g/mol. The topological polar surface area (TPSA) is 32.7 Å². The molecule has 0 radical (unpaired) electrons. The molecule has 1 unspecified atom stereocenters. The van der Waals surface area contributed by atoms with E-state index in [0.29, 0.717) is 13.2 Å². The lowest BCUT2D eigenvalue weighted by atomic mass is 10.2. The molecule has 0 aromatic carbocycles. The third kappa shape index (κ3) is 2.86. The summed E-state index contributed by atoms with van der Waals surface area (Å²) in [4.78, 5) is 1.57. The molecule has 78 valence electrons. The normalized spacial score (nSPS) is 28.2. The Kier molecular flexibility index (Phi) is 3.58. The zero-order valence-corrected chi connectivity index (χ0v) is 7.67. The number of hydrogen-bond acceptors (Lipinski definition) is 3. The first-order valence-corrected chi connectivity index (χ1v) is 4.31. The van der Waals surface area contributed by atoms with Gasteiger partial charge in [-0.05, 0) is 0 Å². The van der Waals surface area contributed by atoms with Gasteiger partial charge in [-0.1, -0.05) is 0 Å². The fourth-order valence-electron chi connectivity index (χ4n) is 1.71. The van der Waals surface area contributed by atoms with Gasteiger partial charge >= 0.3 is 0 Å². The summed E-state index contributed by atoms with van der Waals surface area (Å²) in [6, 6.07) is -0.257. The maximum Gasteiger partial charge on any atom is 0.262 e. The molecule has 1 fully saturated rings. The summed E-state index contributed by atoms with van der Waals surface area (Å²) in [7, 11) is 1.49. The molecule has 0 aromatic heterocycles. The van der Waals surface area contributed by atoms with Gasteiger partial charge in [-0.2, -0.15) is 0 Å². The summed E-state index contributed by atoms with van der Waals surface area (Å²) in [5.74, 6) is -2.63. The quantitative estimate of drug-likeness (QED) is 0.702. The number of ether oxygens (including phenoxy) is 1. The molecule has 0 spiro atoms. The number of alkyl halides is 2. The maximum atomic E-state index is 12.9. The molecular formula is C8H15F2NO2. The summed E-state index contributed by atoms with van der Waals surface area (Å²) < 4.78 is 30.7. The van der Waals surface area contributed by atoms with Crippen LogP contribution in [0.1, 0.15) is 6.42 Å². The highest BCUT2D eigenvalue weighted by atomic mass is 19.3. The number of methoxy groups -OCH3 is 1. The largest absolute Gasteiger partial charge is 0.395 e. The second kappa shape index (κ2) is 4.30. The van der Waals surface area contributed by atoms with E-state index in [0.717, 1.165) is 0 Å². The van der Waals surface area contributed by atoms with Crippen LogP contribution < -0.4 is 0 Å². The number of aliphatic hydroxyl groups excluding tert-OH is 1. The first-order chi connectivity index (χ1) is 6.09. The average molecular weight is 195 g/mol. The predicted molar refractivity (Wildman–Crippen MR) is 43.9 cm³/mol. The molecule has 1 atom stereocenters. The lowest BCUT2D eigenvalue weighted by Gasteiger charge is -2.21. The highest BCUT2D eigenvalue weighted by Gasteiger charge is 2.44. The minimum atomic E-state index is -2.63. The number of likely N-dealkylation sites (tertiary alicyclic amines) is 1. The van der Waals surface area contributed by atoms with Gasteiger partial charge in [0.15, 0.2) is 0 Å². The zero-order valence-electron chi connectivity index (χ0n) is 7.67. The summed E-state index contributed by atoms with van der Waals surface area (Å²) in [6.07, 6.45) is -0.166. The standard InChI is InChI=1S/C8H15F2NO2/c1-13-5-7-4-8(9,10)6-11(7)2-3-12/h7,12H,2-6H2,1H3. The molecule has 0 saturated carbocycles. The third-order valence-corrected chi connectivity index (χ3v) is 2.23. The molecule has 1 heterocycles. The van der Waals surface area contributed by atoms with Crippen LogP contribution in [0.3, 0.4) is 0 Å². The molecule has 1 rings (SSSR count). The Balaban J connectivity index is 2.49. The molecule has 3 nitrogen and oxygen atoms in total. The van der Waals surface area contributed by atoms with Crippen LogP contribution >= 0.6 is 0 Å². The number of halogens is 2. The Morgan fingerprint density at radius 3 is 2.85 bits per heavy atom. The lowest BCUT2D eigenvalue weighted by Crippen LogP contribution is -2.35. The van der Waals surface area contributed by atoms with Crippen molar-refractivity contribution in [3.05, 3.63) is 0 Å². The molecule has 0 aromatic rings. The van der Waals surface area contributed by atoms with Crippen molar-refractivity contribution in [2.75, 3.05) is 33.4 Å². The molecule has 1 aliphatic heterocycles. The molecule has 1 N–H and O–H groups in total.